The van der Waals surface area contributed by atoms with Crippen molar-refractivity contribution in [3.05, 3.63) is 28.7 Å². The number of H-pyrrole nitrogens is 1. The molecule has 2 saturated carbocycles. The number of carbonyl (C=O) groups excluding carboxylic acids is 1. The summed E-state index contributed by atoms with van der Waals surface area (Å²) in [6, 6.07) is 2.75. The van der Waals surface area contributed by atoms with E-state index in [2.05, 4.69) is 15.0 Å². The molecular weight excluding hydrogens is 396 g/mol. The second kappa shape index (κ2) is 9.25. The molecule has 2 aliphatic rings. The summed E-state index contributed by atoms with van der Waals surface area (Å²) in [5.74, 6) is -1.17. The molecule has 3 atom stereocenters. The highest BCUT2D eigenvalue weighted by molar-refractivity contribution is 5.92. The van der Waals surface area contributed by atoms with Gasteiger partial charge in [-0.3, -0.25) is 14.3 Å². The Balaban J connectivity index is 1.57. The van der Waals surface area contributed by atoms with Crippen molar-refractivity contribution in [2.75, 3.05) is 5.32 Å². The summed E-state index contributed by atoms with van der Waals surface area (Å²) in [7, 11) is 0. The van der Waals surface area contributed by atoms with Gasteiger partial charge >= 0.3 is 6.36 Å². The lowest BCUT2D eigenvalue weighted by Gasteiger charge is -2.37. The summed E-state index contributed by atoms with van der Waals surface area (Å²) in [6.45, 7) is 0. The van der Waals surface area contributed by atoms with Crippen molar-refractivity contribution in [3.63, 3.8) is 0 Å². The first-order valence-corrected chi connectivity index (χ1v) is 9.73. The van der Waals surface area contributed by atoms with E-state index in [1.807, 2.05) is 0 Å². The smallest absolute Gasteiger partial charge is 0.374 e. The molecule has 2 aliphatic carbocycles. The molecule has 3 unspecified atom stereocenters. The van der Waals surface area contributed by atoms with Gasteiger partial charge in [0.1, 0.15) is 6.17 Å². The molecular formula is C19H24F4N2O4. The first-order valence-electron chi connectivity index (χ1n) is 9.73. The molecule has 0 spiro atoms. The number of aromatic amines is 1. The van der Waals surface area contributed by atoms with Gasteiger partial charge in [-0.15, -0.1) is 13.2 Å². The second-order valence-corrected chi connectivity index (χ2v) is 7.58. The summed E-state index contributed by atoms with van der Waals surface area (Å²) < 4.78 is 61.0. The zero-order chi connectivity index (χ0) is 21.0. The van der Waals surface area contributed by atoms with Crippen LogP contribution in [0.15, 0.2) is 23.1 Å². The van der Waals surface area contributed by atoms with Crippen molar-refractivity contribution in [1.29, 1.82) is 0 Å². The summed E-state index contributed by atoms with van der Waals surface area (Å²) in [4.78, 5) is 26.5. The summed E-state index contributed by atoms with van der Waals surface area (Å²) in [5.41, 5.74) is -0.0660. The third kappa shape index (κ3) is 6.53. The van der Waals surface area contributed by atoms with E-state index in [0.717, 1.165) is 0 Å². The van der Waals surface area contributed by atoms with E-state index in [4.69, 9.17) is 4.74 Å². The van der Waals surface area contributed by atoms with Crippen molar-refractivity contribution < 1.29 is 31.8 Å². The van der Waals surface area contributed by atoms with E-state index >= 15 is 0 Å². The second-order valence-electron chi connectivity index (χ2n) is 7.58. The minimum Gasteiger partial charge on any atom is -0.374 e. The maximum Gasteiger partial charge on any atom is 0.522 e. The number of amides is 1. The van der Waals surface area contributed by atoms with Crippen LogP contribution < -0.4 is 10.9 Å². The Labute approximate surface area is 165 Å². The zero-order valence-corrected chi connectivity index (χ0v) is 15.7. The number of ether oxygens (including phenoxy) is 2. The Bertz CT molecular complexity index is 746. The lowest BCUT2D eigenvalue weighted by molar-refractivity contribution is -0.346. The monoisotopic (exact) mass is 420 g/mol. The maximum absolute atomic E-state index is 13.9. The van der Waals surface area contributed by atoms with Gasteiger partial charge in [-0.05, 0) is 51.0 Å². The number of carbonyl (C=O) groups is 1. The molecule has 10 heteroatoms. The molecule has 0 aromatic carbocycles. The highest BCUT2D eigenvalue weighted by Crippen LogP contribution is 2.35. The molecule has 29 heavy (non-hydrogen) atoms. The molecule has 6 nitrogen and oxygen atoms in total. The minimum atomic E-state index is -4.65. The predicted octanol–water partition coefficient (Wildman–Crippen LogP) is 3.68. The van der Waals surface area contributed by atoms with Gasteiger partial charge in [0.25, 0.3) is 0 Å². The SMILES string of the molecule is O=C(Nc1cc[nH]c(=O)c1)C1CC(F)CCC1OC1CCC(OC(F)(F)F)CC1. The fourth-order valence-corrected chi connectivity index (χ4v) is 4.01. The molecule has 2 fully saturated rings. The number of aromatic nitrogens is 1. The van der Waals surface area contributed by atoms with Crippen LogP contribution in [0.1, 0.15) is 44.9 Å². The van der Waals surface area contributed by atoms with E-state index in [9.17, 15) is 27.2 Å². The highest BCUT2D eigenvalue weighted by atomic mass is 19.4. The molecule has 1 amide bonds. The fraction of sp³-hybridized carbons (Fsp3) is 0.684. The van der Waals surface area contributed by atoms with Gasteiger partial charge in [0.05, 0.1) is 24.2 Å². The molecule has 3 rings (SSSR count). The predicted molar refractivity (Wildman–Crippen MR) is 96.0 cm³/mol. The van der Waals surface area contributed by atoms with Crippen LogP contribution in [0, 0.1) is 5.92 Å². The van der Waals surface area contributed by atoms with Crippen molar-refractivity contribution in [2.45, 2.75) is 75.8 Å². The van der Waals surface area contributed by atoms with E-state index in [1.165, 1.54) is 18.3 Å². The number of rotatable bonds is 5. The van der Waals surface area contributed by atoms with Gasteiger partial charge in [0, 0.05) is 18.0 Å². The highest BCUT2D eigenvalue weighted by Gasteiger charge is 2.39. The summed E-state index contributed by atoms with van der Waals surface area (Å²) >= 11 is 0. The van der Waals surface area contributed by atoms with E-state index in [0.29, 0.717) is 24.9 Å². The molecule has 0 aliphatic heterocycles. The number of hydrogen-bond donors (Lipinski definition) is 2. The first kappa shape index (κ1) is 21.8. The van der Waals surface area contributed by atoms with Gasteiger partial charge in [-0.1, -0.05) is 0 Å². The summed E-state index contributed by atoms with van der Waals surface area (Å²) in [6.07, 6.45) is -4.24. The molecule has 1 heterocycles. The number of alkyl halides is 4. The molecule has 162 valence electrons. The Kier molecular flexibility index (Phi) is 6.94. The molecule has 2 N–H and O–H groups in total. The first-order chi connectivity index (χ1) is 13.7. The Hall–Kier alpha value is -1.94. The lowest BCUT2D eigenvalue weighted by Crippen LogP contribution is -2.43. The standard InChI is InChI=1S/C19H24F4N2O4/c20-11-1-6-16(28-13-2-4-14(5-3-13)29-19(21,22)23)15(9-11)18(27)25-12-7-8-24-17(26)10-12/h7-8,10-11,13-16H,1-6,9H2,(H2,24,25,26,27). The van der Waals surface area contributed by atoms with E-state index in [1.54, 1.807) is 0 Å². The summed E-state index contributed by atoms with van der Waals surface area (Å²) in [5, 5.41) is 2.62. The van der Waals surface area contributed by atoms with E-state index in [-0.39, 0.29) is 37.3 Å². The van der Waals surface area contributed by atoms with Gasteiger partial charge in [0.15, 0.2) is 0 Å². The third-order valence-electron chi connectivity index (χ3n) is 5.39. The average Bonchev–Trinajstić information content (AvgIpc) is 2.63. The van der Waals surface area contributed by atoms with Crippen molar-refractivity contribution in [1.82, 2.24) is 4.98 Å². The largest absolute Gasteiger partial charge is 0.522 e. The van der Waals surface area contributed by atoms with Crippen molar-refractivity contribution in [2.24, 2.45) is 5.92 Å². The Morgan fingerprint density at radius 3 is 2.45 bits per heavy atom. The van der Waals surface area contributed by atoms with Crippen LogP contribution in [0.25, 0.3) is 0 Å². The van der Waals surface area contributed by atoms with Crippen LogP contribution >= 0.6 is 0 Å². The molecule has 0 saturated heterocycles. The van der Waals surface area contributed by atoms with Gasteiger partial charge in [-0.2, -0.15) is 0 Å². The van der Waals surface area contributed by atoms with Gasteiger partial charge in [-0.25, -0.2) is 4.39 Å². The topological polar surface area (TPSA) is 80.4 Å². The number of hydrogen-bond acceptors (Lipinski definition) is 4. The van der Waals surface area contributed by atoms with E-state index < -0.39 is 36.6 Å². The normalized spacial score (nSPS) is 30.7. The van der Waals surface area contributed by atoms with Gasteiger partial charge < -0.3 is 15.0 Å². The van der Waals surface area contributed by atoms with Crippen LogP contribution in [0.3, 0.4) is 0 Å². The number of nitrogens with one attached hydrogen (secondary N) is 2. The number of halogens is 4. The molecule has 1 aromatic rings. The van der Waals surface area contributed by atoms with Crippen LogP contribution in [0.5, 0.6) is 0 Å². The van der Waals surface area contributed by atoms with Crippen LogP contribution in [-0.2, 0) is 14.3 Å². The minimum absolute atomic E-state index is 0.00617. The average molecular weight is 420 g/mol. The lowest BCUT2D eigenvalue weighted by atomic mass is 9.84. The number of pyridine rings is 1. The van der Waals surface area contributed by atoms with Crippen LogP contribution in [0.2, 0.25) is 0 Å². The van der Waals surface area contributed by atoms with Crippen LogP contribution in [-0.4, -0.2) is 41.7 Å². The van der Waals surface area contributed by atoms with Crippen LogP contribution in [0.4, 0.5) is 23.2 Å². The Morgan fingerprint density at radius 2 is 1.79 bits per heavy atom. The fourth-order valence-electron chi connectivity index (χ4n) is 4.01. The van der Waals surface area contributed by atoms with Gasteiger partial charge in [0.2, 0.25) is 11.5 Å². The third-order valence-corrected chi connectivity index (χ3v) is 5.39. The zero-order valence-electron chi connectivity index (χ0n) is 15.7. The Morgan fingerprint density at radius 1 is 1.10 bits per heavy atom. The molecule has 0 bridgehead atoms. The van der Waals surface area contributed by atoms with Crippen molar-refractivity contribution in [3.8, 4) is 0 Å². The molecule has 0 radical (unpaired) electrons. The molecule has 1 aromatic heterocycles. The number of anilines is 1. The quantitative estimate of drug-likeness (QED) is 0.712. The van der Waals surface area contributed by atoms with Crippen molar-refractivity contribution >= 4 is 11.6 Å². The maximum atomic E-state index is 13.9.